The van der Waals surface area contributed by atoms with E-state index in [1.807, 2.05) is 13.8 Å². The third-order valence-corrected chi connectivity index (χ3v) is 4.31. The molecule has 0 aromatic heterocycles. The third-order valence-electron chi connectivity index (χ3n) is 4.31. The minimum Gasteiger partial charge on any atom is -0.368 e. The fraction of sp³-hybridized carbons (Fsp3) is 0.929. The number of hydrogen-bond acceptors (Lipinski definition) is 4. The zero-order chi connectivity index (χ0) is 14.5. The summed E-state index contributed by atoms with van der Waals surface area (Å²) in [5, 5.41) is 3.21. The number of carbonyl (C=O) groups is 1. The lowest BCUT2D eigenvalue weighted by Gasteiger charge is -2.38. The van der Waals surface area contributed by atoms with Crippen LogP contribution in [0.5, 0.6) is 0 Å². The van der Waals surface area contributed by atoms with Gasteiger partial charge in [-0.3, -0.25) is 4.79 Å². The number of primary amides is 1. The van der Waals surface area contributed by atoms with Crippen LogP contribution in [0.3, 0.4) is 0 Å². The van der Waals surface area contributed by atoms with Gasteiger partial charge in [0.25, 0.3) is 0 Å². The predicted octanol–water partition coefficient (Wildman–Crippen LogP) is 0.256. The van der Waals surface area contributed by atoms with E-state index in [2.05, 4.69) is 29.1 Å². The van der Waals surface area contributed by atoms with Crippen molar-refractivity contribution < 1.29 is 4.79 Å². The van der Waals surface area contributed by atoms with Crippen molar-refractivity contribution >= 4 is 5.91 Å². The van der Waals surface area contributed by atoms with Crippen molar-refractivity contribution in [3.8, 4) is 0 Å². The molecule has 1 saturated heterocycles. The van der Waals surface area contributed by atoms with Crippen LogP contribution in [-0.2, 0) is 4.79 Å². The Kier molecular flexibility index (Phi) is 6.23. The smallest absolute Gasteiger partial charge is 0.237 e. The van der Waals surface area contributed by atoms with Gasteiger partial charge in [0.2, 0.25) is 5.91 Å². The Morgan fingerprint density at radius 2 is 2.16 bits per heavy atom. The van der Waals surface area contributed by atoms with Crippen LogP contribution in [-0.4, -0.2) is 67.1 Å². The summed E-state index contributed by atoms with van der Waals surface area (Å²) in [6.07, 6.45) is 1.81. The summed E-state index contributed by atoms with van der Waals surface area (Å²) in [5.74, 6) is -0.249. The second-order valence-electron chi connectivity index (χ2n) is 5.96. The summed E-state index contributed by atoms with van der Waals surface area (Å²) in [4.78, 5) is 16.4. The highest BCUT2D eigenvalue weighted by atomic mass is 16.1. The van der Waals surface area contributed by atoms with Crippen LogP contribution in [0.1, 0.15) is 33.6 Å². The van der Waals surface area contributed by atoms with E-state index < -0.39 is 5.54 Å². The van der Waals surface area contributed by atoms with Crippen LogP contribution in [0.15, 0.2) is 0 Å². The summed E-state index contributed by atoms with van der Waals surface area (Å²) in [6.45, 7) is 11.4. The Labute approximate surface area is 117 Å². The van der Waals surface area contributed by atoms with Gasteiger partial charge in [0.05, 0.1) is 5.54 Å². The third kappa shape index (κ3) is 4.75. The maximum Gasteiger partial charge on any atom is 0.237 e. The Morgan fingerprint density at radius 1 is 1.47 bits per heavy atom. The van der Waals surface area contributed by atoms with Crippen LogP contribution < -0.4 is 11.1 Å². The number of piperazine rings is 1. The monoisotopic (exact) mass is 270 g/mol. The van der Waals surface area contributed by atoms with Crippen molar-refractivity contribution in [3.63, 3.8) is 0 Å². The number of amides is 1. The molecule has 0 aromatic rings. The molecule has 1 heterocycles. The van der Waals surface area contributed by atoms with Gasteiger partial charge in [-0.1, -0.05) is 6.92 Å². The molecule has 1 fully saturated rings. The number of nitrogens with one attached hydrogen (secondary N) is 1. The first-order valence-electron chi connectivity index (χ1n) is 7.36. The topological polar surface area (TPSA) is 61.6 Å². The highest BCUT2D eigenvalue weighted by Crippen LogP contribution is 2.14. The van der Waals surface area contributed by atoms with E-state index >= 15 is 0 Å². The Hall–Kier alpha value is -0.650. The number of carbonyl (C=O) groups excluding carboxylic acids is 1. The number of hydrogen-bond donors (Lipinski definition) is 2. The molecule has 5 heteroatoms. The van der Waals surface area contributed by atoms with Gasteiger partial charge in [-0.25, -0.2) is 0 Å². The van der Waals surface area contributed by atoms with Crippen LogP contribution in [0.25, 0.3) is 0 Å². The van der Waals surface area contributed by atoms with E-state index in [0.29, 0.717) is 6.04 Å². The zero-order valence-corrected chi connectivity index (χ0v) is 12.9. The lowest BCUT2D eigenvalue weighted by Crippen LogP contribution is -2.54. The predicted molar refractivity (Wildman–Crippen MR) is 79.0 cm³/mol. The molecule has 1 aliphatic heterocycles. The molecular formula is C14H30N4O. The Bertz CT molecular complexity index is 297. The fourth-order valence-electron chi connectivity index (χ4n) is 2.67. The molecule has 0 saturated carbocycles. The number of likely N-dealkylation sites (N-methyl/N-ethyl adjacent to an activating group) is 2. The van der Waals surface area contributed by atoms with Gasteiger partial charge in [0, 0.05) is 25.7 Å². The summed E-state index contributed by atoms with van der Waals surface area (Å²) in [6, 6.07) is 0.616. The average molecular weight is 270 g/mol. The highest BCUT2D eigenvalue weighted by Gasteiger charge is 2.29. The molecule has 19 heavy (non-hydrogen) atoms. The molecule has 0 aliphatic carbocycles. The first-order chi connectivity index (χ1) is 8.89. The van der Waals surface area contributed by atoms with Crippen molar-refractivity contribution in [2.75, 3.05) is 39.8 Å². The van der Waals surface area contributed by atoms with Crippen molar-refractivity contribution in [1.82, 2.24) is 15.1 Å². The second kappa shape index (κ2) is 7.22. The molecule has 2 unspecified atom stereocenters. The van der Waals surface area contributed by atoms with Crippen molar-refractivity contribution in [2.24, 2.45) is 5.73 Å². The molecule has 1 amide bonds. The number of rotatable bonds is 7. The summed E-state index contributed by atoms with van der Waals surface area (Å²) >= 11 is 0. The lowest BCUT2D eigenvalue weighted by atomic mass is 9.94. The van der Waals surface area contributed by atoms with Gasteiger partial charge in [-0.05, 0) is 46.8 Å². The van der Waals surface area contributed by atoms with Crippen molar-refractivity contribution in [3.05, 3.63) is 0 Å². The van der Waals surface area contributed by atoms with E-state index in [1.54, 1.807) is 0 Å². The van der Waals surface area contributed by atoms with Gasteiger partial charge >= 0.3 is 0 Å². The summed E-state index contributed by atoms with van der Waals surface area (Å²) in [7, 11) is 2.18. The SMILES string of the molecule is CCNC(C)(CCCN1CCN(C)C(C)C1)C(N)=O. The molecule has 0 spiro atoms. The van der Waals surface area contributed by atoms with Crippen molar-refractivity contribution in [2.45, 2.75) is 45.2 Å². The lowest BCUT2D eigenvalue weighted by molar-refractivity contribution is -0.124. The first kappa shape index (κ1) is 16.4. The van der Waals surface area contributed by atoms with E-state index in [1.165, 1.54) is 0 Å². The minimum atomic E-state index is -0.563. The molecule has 1 rings (SSSR count). The highest BCUT2D eigenvalue weighted by molar-refractivity contribution is 5.84. The normalized spacial score (nSPS) is 25.2. The Balaban J connectivity index is 2.34. The fourth-order valence-corrected chi connectivity index (χ4v) is 2.67. The maximum absolute atomic E-state index is 11.5. The largest absolute Gasteiger partial charge is 0.368 e. The molecule has 3 N–H and O–H groups in total. The average Bonchev–Trinajstić information content (AvgIpc) is 2.34. The van der Waals surface area contributed by atoms with Gasteiger partial charge in [0.15, 0.2) is 0 Å². The van der Waals surface area contributed by atoms with Gasteiger partial charge < -0.3 is 20.9 Å². The molecule has 2 atom stereocenters. The minimum absolute atomic E-state index is 0.249. The molecule has 0 aromatic carbocycles. The van der Waals surface area contributed by atoms with Crippen LogP contribution >= 0.6 is 0 Å². The van der Waals surface area contributed by atoms with Crippen LogP contribution in [0.4, 0.5) is 0 Å². The van der Waals surface area contributed by atoms with Crippen LogP contribution in [0.2, 0.25) is 0 Å². The quantitative estimate of drug-likeness (QED) is 0.696. The molecular weight excluding hydrogens is 240 g/mol. The first-order valence-corrected chi connectivity index (χ1v) is 7.36. The maximum atomic E-state index is 11.5. The van der Waals surface area contributed by atoms with Gasteiger partial charge in [0.1, 0.15) is 0 Å². The summed E-state index contributed by atoms with van der Waals surface area (Å²) in [5.41, 5.74) is 4.93. The molecule has 0 bridgehead atoms. The van der Waals surface area contributed by atoms with Gasteiger partial charge in [-0.2, -0.15) is 0 Å². The van der Waals surface area contributed by atoms with E-state index in [-0.39, 0.29) is 5.91 Å². The Morgan fingerprint density at radius 3 is 2.68 bits per heavy atom. The zero-order valence-electron chi connectivity index (χ0n) is 12.9. The van der Waals surface area contributed by atoms with E-state index in [0.717, 1.165) is 45.6 Å². The molecule has 0 radical (unpaired) electrons. The van der Waals surface area contributed by atoms with E-state index in [9.17, 15) is 4.79 Å². The second-order valence-corrected chi connectivity index (χ2v) is 5.96. The standard InChI is InChI=1S/C14H30N4O/c1-5-16-14(3,13(15)19)7-6-8-18-10-9-17(4)12(2)11-18/h12,16H,5-11H2,1-4H3,(H2,15,19). The van der Waals surface area contributed by atoms with Crippen LogP contribution in [0, 0.1) is 0 Å². The molecule has 112 valence electrons. The van der Waals surface area contributed by atoms with Crippen molar-refractivity contribution in [1.29, 1.82) is 0 Å². The summed E-state index contributed by atoms with van der Waals surface area (Å²) < 4.78 is 0. The molecule has 5 nitrogen and oxygen atoms in total. The van der Waals surface area contributed by atoms with Gasteiger partial charge in [-0.15, -0.1) is 0 Å². The van der Waals surface area contributed by atoms with E-state index in [4.69, 9.17) is 5.73 Å². The molecule has 1 aliphatic rings. The number of nitrogens with two attached hydrogens (primary N) is 1. The number of nitrogens with zero attached hydrogens (tertiary/aromatic N) is 2.